The third-order valence-electron chi connectivity index (χ3n) is 8.76. The van der Waals surface area contributed by atoms with Crippen LogP contribution >= 0.6 is 0 Å². The van der Waals surface area contributed by atoms with Gasteiger partial charge < -0.3 is 15.1 Å². The summed E-state index contributed by atoms with van der Waals surface area (Å²) >= 11 is 0. The van der Waals surface area contributed by atoms with Gasteiger partial charge in [0.15, 0.2) is 11.6 Å². The molecule has 0 bridgehead atoms. The number of likely N-dealkylation sites (tertiary alicyclic amines) is 1. The minimum absolute atomic E-state index is 0.0727. The van der Waals surface area contributed by atoms with Crippen molar-refractivity contribution >= 4 is 34.0 Å². The van der Waals surface area contributed by atoms with Gasteiger partial charge in [-0.05, 0) is 73.6 Å². The number of rotatable bonds is 9. The summed E-state index contributed by atoms with van der Waals surface area (Å²) in [5, 5.41) is 11.8. The number of anilines is 2. The van der Waals surface area contributed by atoms with E-state index in [2.05, 4.69) is 52.4 Å². The Hall–Kier alpha value is -5.16. The van der Waals surface area contributed by atoms with Crippen LogP contribution in [0.2, 0.25) is 0 Å². The molecule has 5 aromatic rings. The van der Waals surface area contributed by atoms with Crippen molar-refractivity contribution in [3.05, 3.63) is 85.5 Å². The van der Waals surface area contributed by atoms with Crippen molar-refractivity contribution < 1.29 is 9.59 Å². The largest absolute Gasteiger partial charge is 0.378 e. The molecule has 2 fully saturated rings. The fourth-order valence-corrected chi connectivity index (χ4v) is 6.20. The van der Waals surface area contributed by atoms with Crippen LogP contribution in [0.4, 0.5) is 11.4 Å². The topological polar surface area (TPSA) is 123 Å². The van der Waals surface area contributed by atoms with E-state index in [1.54, 1.807) is 24.8 Å². The lowest BCUT2D eigenvalue weighted by atomic mass is 10.0. The van der Waals surface area contributed by atoms with E-state index < -0.39 is 0 Å². The zero-order valence-electron chi connectivity index (χ0n) is 25.0. The summed E-state index contributed by atoms with van der Waals surface area (Å²) in [6, 6.07) is 19.9. The first-order valence-electron chi connectivity index (χ1n) is 15.4. The number of hydrogen-bond acceptors (Lipinski definition) is 9. The van der Waals surface area contributed by atoms with Gasteiger partial charge in [0.1, 0.15) is 5.69 Å². The number of H-pyrrole nitrogens is 1. The van der Waals surface area contributed by atoms with Gasteiger partial charge in [0.2, 0.25) is 5.91 Å². The van der Waals surface area contributed by atoms with Gasteiger partial charge in [0.25, 0.3) is 0 Å². The van der Waals surface area contributed by atoms with E-state index in [1.165, 1.54) is 0 Å². The molecule has 0 unspecified atom stereocenters. The van der Waals surface area contributed by atoms with E-state index >= 15 is 0 Å². The van der Waals surface area contributed by atoms with Gasteiger partial charge in [-0.1, -0.05) is 0 Å². The van der Waals surface area contributed by atoms with Crippen LogP contribution in [-0.2, 0) is 9.59 Å². The van der Waals surface area contributed by atoms with Crippen LogP contribution in [0.15, 0.2) is 85.5 Å². The monoisotopic (exact) mass is 601 g/mol. The molecule has 2 saturated heterocycles. The summed E-state index contributed by atoms with van der Waals surface area (Å²) in [5.41, 5.74) is 5.76. The molecule has 2 aromatic carbocycles. The van der Waals surface area contributed by atoms with Crippen molar-refractivity contribution in [2.24, 2.45) is 5.92 Å². The van der Waals surface area contributed by atoms with Crippen LogP contribution in [0.1, 0.15) is 6.42 Å². The van der Waals surface area contributed by atoms with E-state index in [0.717, 1.165) is 65.2 Å². The van der Waals surface area contributed by atoms with Crippen LogP contribution in [0.3, 0.4) is 0 Å². The first-order valence-corrected chi connectivity index (χ1v) is 15.4. The van der Waals surface area contributed by atoms with Crippen molar-refractivity contribution in [2.45, 2.75) is 6.42 Å². The van der Waals surface area contributed by atoms with Gasteiger partial charge in [-0.2, -0.15) is 5.10 Å². The first-order chi connectivity index (χ1) is 22.1. The SMILES string of the molecule is O=C(CNc1ccc2[nH]nc(-c3ccncc3)c2c1)[C@@H]1CCN(CC(=O)N2CCN(c3ccc(-c4ncccn4)cc3)CC2)C1. The number of carbonyl (C=O) groups is 2. The second-order valence-corrected chi connectivity index (χ2v) is 11.6. The smallest absolute Gasteiger partial charge is 0.236 e. The van der Waals surface area contributed by atoms with Gasteiger partial charge >= 0.3 is 0 Å². The third-order valence-corrected chi connectivity index (χ3v) is 8.76. The molecule has 2 N–H and O–H groups in total. The lowest BCUT2D eigenvalue weighted by Crippen LogP contribution is -2.51. The molecule has 11 heteroatoms. The summed E-state index contributed by atoms with van der Waals surface area (Å²) in [7, 11) is 0. The molecule has 1 amide bonds. The lowest BCUT2D eigenvalue weighted by Gasteiger charge is -2.36. The number of carbonyl (C=O) groups excluding carboxylic acids is 2. The third kappa shape index (κ3) is 6.39. The molecule has 0 saturated carbocycles. The van der Waals surface area contributed by atoms with Crippen LogP contribution in [-0.4, -0.2) is 99.0 Å². The molecule has 2 aliphatic heterocycles. The maximum atomic E-state index is 13.1. The normalized spacial score (nSPS) is 17.1. The Morgan fingerprint density at radius 3 is 2.42 bits per heavy atom. The number of pyridine rings is 1. The maximum absolute atomic E-state index is 13.1. The van der Waals surface area contributed by atoms with Crippen LogP contribution in [0.25, 0.3) is 33.5 Å². The molecule has 1 atom stereocenters. The highest BCUT2D eigenvalue weighted by atomic mass is 16.2. The van der Waals surface area contributed by atoms with Crippen LogP contribution in [0.5, 0.6) is 0 Å². The fourth-order valence-electron chi connectivity index (χ4n) is 6.20. The minimum atomic E-state index is -0.0727. The molecule has 228 valence electrons. The van der Waals surface area contributed by atoms with Gasteiger partial charge in [-0.25, -0.2) is 9.97 Å². The number of piperazine rings is 1. The molecule has 0 spiro atoms. The second kappa shape index (κ2) is 12.8. The molecule has 5 heterocycles. The Kier molecular flexibility index (Phi) is 8.15. The molecule has 11 nitrogen and oxygen atoms in total. The summed E-state index contributed by atoms with van der Waals surface area (Å²) in [6.45, 7) is 4.94. The van der Waals surface area contributed by atoms with Gasteiger partial charge in [0, 0.05) is 91.3 Å². The summed E-state index contributed by atoms with van der Waals surface area (Å²) < 4.78 is 0. The number of benzene rings is 2. The predicted molar refractivity (Wildman–Crippen MR) is 174 cm³/mol. The average Bonchev–Trinajstić information content (AvgIpc) is 3.75. The Balaban J connectivity index is 0.870. The number of amides is 1. The number of fused-ring (bicyclic) bond motifs is 1. The average molecular weight is 602 g/mol. The number of Topliss-reactive ketones (excluding diaryl/α,β-unsaturated/α-hetero) is 1. The van der Waals surface area contributed by atoms with Gasteiger partial charge in [-0.15, -0.1) is 0 Å². The van der Waals surface area contributed by atoms with Crippen molar-refractivity contribution in [3.8, 4) is 22.6 Å². The van der Waals surface area contributed by atoms with E-state index in [-0.39, 0.29) is 24.2 Å². The van der Waals surface area contributed by atoms with Crippen molar-refractivity contribution in [1.82, 2.24) is 34.9 Å². The number of nitrogens with zero attached hydrogens (tertiary/aromatic N) is 7. The summed E-state index contributed by atoms with van der Waals surface area (Å²) in [5.74, 6) is 0.946. The highest BCUT2D eigenvalue weighted by Gasteiger charge is 2.31. The number of ketones is 1. The molecule has 0 radical (unpaired) electrons. The van der Waals surface area contributed by atoms with Crippen molar-refractivity contribution in [3.63, 3.8) is 0 Å². The zero-order chi connectivity index (χ0) is 30.6. The first kappa shape index (κ1) is 28.6. The quantitative estimate of drug-likeness (QED) is 0.260. The van der Waals surface area contributed by atoms with Crippen LogP contribution < -0.4 is 10.2 Å². The predicted octanol–water partition coefficient (Wildman–Crippen LogP) is 3.73. The van der Waals surface area contributed by atoms with Crippen molar-refractivity contribution in [1.29, 1.82) is 0 Å². The van der Waals surface area contributed by atoms with E-state index in [1.807, 2.05) is 53.4 Å². The van der Waals surface area contributed by atoms with Gasteiger partial charge in [-0.3, -0.25) is 24.6 Å². The highest BCUT2D eigenvalue weighted by Crippen LogP contribution is 2.28. The Labute approximate surface area is 261 Å². The fraction of sp³-hybridized carbons (Fsp3) is 0.294. The lowest BCUT2D eigenvalue weighted by molar-refractivity contribution is -0.132. The van der Waals surface area contributed by atoms with Gasteiger partial charge in [0.05, 0.1) is 18.6 Å². The summed E-state index contributed by atoms with van der Waals surface area (Å²) in [4.78, 5) is 45.4. The molecule has 3 aromatic heterocycles. The van der Waals surface area contributed by atoms with E-state index in [0.29, 0.717) is 32.0 Å². The zero-order valence-corrected chi connectivity index (χ0v) is 25.0. The standard InChI is InChI=1S/C34H35N9O2/c44-31(21-38-27-4-7-30-29(20-27)33(40-39-30)24-8-13-35-14-9-24)26-10-15-41(22-26)23-32(45)43-18-16-42(17-19-43)28-5-2-25(3-6-28)34-36-11-1-12-37-34/h1-9,11-14,20,26,38H,10,15-19,21-23H2,(H,39,40)/t26-/m1/s1. The summed E-state index contributed by atoms with van der Waals surface area (Å²) in [6.07, 6.45) is 7.76. The Bertz CT molecular complexity index is 1770. The van der Waals surface area contributed by atoms with E-state index in [4.69, 9.17) is 0 Å². The number of nitrogens with one attached hydrogen (secondary N) is 2. The highest BCUT2D eigenvalue weighted by molar-refractivity contribution is 5.95. The molecular weight excluding hydrogens is 566 g/mol. The molecule has 45 heavy (non-hydrogen) atoms. The molecule has 7 rings (SSSR count). The minimum Gasteiger partial charge on any atom is -0.378 e. The molecule has 0 aliphatic carbocycles. The second-order valence-electron chi connectivity index (χ2n) is 11.6. The van der Waals surface area contributed by atoms with E-state index in [9.17, 15) is 9.59 Å². The molecular formula is C34H35N9O2. The molecule has 2 aliphatic rings. The van der Waals surface area contributed by atoms with Crippen LogP contribution in [0, 0.1) is 5.92 Å². The maximum Gasteiger partial charge on any atom is 0.236 e. The number of aromatic amines is 1. The Morgan fingerprint density at radius 2 is 1.64 bits per heavy atom. The number of aromatic nitrogens is 5. The number of hydrogen-bond donors (Lipinski definition) is 2. The van der Waals surface area contributed by atoms with Crippen molar-refractivity contribution in [2.75, 3.05) is 62.6 Å². The Morgan fingerprint density at radius 1 is 0.867 bits per heavy atom.